The molecule has 0 spiro atoms. The Labute approximate surface area is 155 Å². The lowest BCUT2D eigenvalue weighted by molar-refractivity contribution is -0.150. The van der Waals surface area contributed by atoms with E-state index in [1.54, 1.807) is 6.92 Å². The maximum Gasteiger partial charge on any atom is 0.365 e. The molecule has 1 aromatic heterocycles. The van der Waals surface area contributed by atoms with E-state index in [4.69, 9.17) is 4.74 Å². The van der Waals surface area contributed by atoms with Crippen LogP contribution in [-0.4, -0.2) is 44.9 Å². The molecule has 1 saturated carbocycles. The van der Waals surface area contributed by atoms with Crippen LogP contribution in [0.4, 0.5) is 0 Å². The van der Waals surface area contributed by atoms with Crippen LogP contribution in [0.25, 0.3) is 0 Å². The number of hydrogen-bond donors (Lipinski definition) is 3. The van der Waals surface area contributed by atoms with Crippen molar-refractivity contribution in [2.45, 2.75) is 45.0 Å². The van der Waals surface area contributed by atoms with Gasteiger partial charge in [0.05, 0.1) is 13.7 Å². The molecular formula is C16H25N2O8P. The highest BCUT2D eigenvalue weighted by molar-refractivity contribution is 7.53. The molecule has 11 heteroatoms. The molecule has 1 unspecified atom stereocenters. The molecule has 1 heterocycles. The van der Waals surface area contributed by atoms with E-state index in [0.29, 0.717) is 12.1 Å². The summed E-state index contributed by atoms with van der Waals surface area (Å²) in [4.78, 5) is 56.0. The van der Waals surface area contributed by atoms with Gasteiger partial charge < -0.3 is 23.8 Å². The van der Waals surface area contributed by atoms with E-state index in [1.807, 2.05) is 0 Å². The van der Waals surface area contributed by atoms with Crippen LogP contribution in [0.3, 0.4) is 0 Å². The van der Waals surface area contributed by atoms with Crippen molar-refractivity contribution in [1.29, 1.82) is 0 Å². The number of aromatic nitrogens is 2. The summed E-state index contributed by atoms with van der Waals surface area (Å²) < 4.78 is 22.6. The Morgan fingerprint density at radius 2 is 1.96 bits per heavy atom. The van der Waals surface area contributed by atoms with Gasteiger partial charge in [-0.2, -0.15) is 0 Å². The number of hydrogen-bond acceptors (Lipinski definition) is 6. The van der Waals surface area contributed by atoms with Gasteiger partial charge in [-0.1, -0.05) is 12.8 Å². The normalized spacial score (nSPS) is 21.6. The molecule has 0 aliphatic heterocycles. The molecule has 2 rings (SSSR count). The van der Waals surface area contributed by atoms with Crippen molar-refractivity contribution in [3.63, 3.8) is 0 Å². The lowest BCUT2D eigenvalue weighted by Crippen LogP contribution is -2.37. The van der Waals surface area contributed by atoms with Crippen molar-refractivity contribution in [1.82, 2.24) is 9.55 Å². The molecule has 0 radical (unpaired) electrons. The van der Waals surface area contributed by atoms with Crippen LogP contribution in [-0.2, 0) is 25.4 Å². The average molecular weight is 404 g/mol. The van der Waals surface area contributed by atoms with Crippen molar-refractivity contribution in [2.75, 3.05) is 13.7 Å². The summed E-state index contributed by atoms with van der Waals surface area (Å²) in [6, 6.07) is 0. The van der Waals surface area contributed by atoms with Crippen LogP contribution < -0.4 is 11.2 Å². The molecule has 0 aromatic carbocycles. The van der Waals surface area contributed by atoms with E-state index < -0.39 is 30.7 Å². The van der Waals surface area contributed by atoms with Gasteiger partial charge in [-0.25, -0.2) is 9.59 Å². The standard InChI is InChI=1S/C16H25N2O8P/c1-10-7-18(16(21)17-13(10)19)8-11-5-3-4-6-12(11)9-26-15(14(20)25-2)27(22,23)24/h7,11-12,15H,3-6,8-9H2,1-2H3,(H,17,19,21)(H2,22,23,24)/t11-,12+,15?/m1/s1. The van der Waals surface area contributed by atoms with E-state index in [9.17, 15) is 28.7 Å². The van der Waals surface area contributed by atoms with Crippen molar-refractivity contribution in [3.8, 4) is 0 Å². The van der Waals surface area contributed by atoms with Gasteiger partial charge in [0, 0.05) is 18.3 Å². The fourth-order valence-corrected chi connectivity index (χ4v) is 4.03. The quantitative estimate of drug-likeness (QED) is 0.435. The number of nitrogens with one attached hydrogen (secondary N) is 1. The van der Waals surface area contributed by atoms with Gasteiger partial charge in [0.25, 0.3) is 11.4 Å². The number of H-pyrrole nitrogens is 1. The number of esters is 1. The van der Waals surface area contributed by atoms with Crippen molar-refractivity contribution >= 4 is 13.6 Å². The van der Waals surface area contributed by atoms with E-state index in [0.717, 1.165) is 32.8 Å². The SMILES string of the molecule is COC(=O)C(OC[C@@H]1CCCC[C@@H]1Cn1cc(C)c(=O)[nH]c1=O)P(=O)(O)O. The van der Waals surface area contributed by atoms with Crippen LogP contribution in [0.5, 0.6) is 0 Å². The Hall–Kier alpha value is -1.74. The Balaban J connectivity index is 2.12. The topological polar surface area (TPSA) is 148 Å². The lowest BCUT2D eigenvalue weighted by atomic mass is 9.79. The molecule has 3 atom stereocenters. The minimum atomic E-state index is -4.81. The average Bonchev–Trinajstić information content (AvgIpc) is 2.59. The molecule has 0 amide bonds. The third-order valence-electron chi connectivity index (χ3n) is 4.86. The summed E-state index contributed by atoms with van der Waals surface area (Å²) in [6.45, 7) is 1.92. The summed E-state index contributed by atoms with van der Waals surface area (Å²) in [7, 11) is -3.78. The first-order valence-corrected chi connectivity index (χ1v) is 10.4. The van der Waals surface area contributed by atoms with Gasteiger partial charge in [0.15, 0.2) is 0 Å². The minimum Gasteiger partial charge on any atom is -0.467 e. The fraction of sp³-hybridized carbons (Fsp3) is 0.688. The highest BCUT2D eigenvalue weighted by atomic mass is 31.2. The smallest absolute Gasteiger partial charge is 0.365 e. The van der Waals surface area contributed by atoms with Gasteiger partial charge in [0.2, 0.25) is 0 Å². The number of carbonyl (C=O) groups excluding carboxylic acids is 1. The first-order valence-electron chi connectivity index (χ1n) is 8.68. The molecule has 27 heavy (non-hydrogen) atoms. The van der Waals surface area contributed by atoms with E-state index >= 15 is 0 Å². The second-order valence-electron chi connectivity index (χ2n) is 6.83. The lowest BCUT2D eigenvalue weighted by Gasteiger charge is -2.32. The Morgan fingerprint density at radius 3 is 2.56 bits per heavy atom. The van der Waals surface area contributed by atoms with Crippen molar-refractivity contribution < 1.29 is 28.6 Å². The first-order chi connectivity index (χ1) is 12.6. The highest BCUT2D eigenvalue weighted by Gasteiger charge is 2.39. The monoisotopic (exact) mass is 404 g/mol. The zero-order valence-corrected chi connectivity index (χ0v) is 16.2. The Bertz CT molecular complexity index is 826. The van der Waals surface area contributed by atoms with Crippen LogP contribution in [0, 0.1) is 18.8 Å². The molecular weight excluding hydrogens is 379 g/mol. The summed E-state index contributed by atoms with van der Waals surface area (Å²) in [5, 5.41) is 0. The van der Waals surface area contributed by atoms with Crippen LogP contribution in [0.15, 0.2) is 15.8 Å². The zero-order chi connectivity index (χ0) is 20.2. The molecule has 1 aliphatic rings. The number of nitrogens with zero attached hydrogens (tertiary/aromatic N) is 1. The van der Waals surface area contributed by atoms with Gasteiger partial charge in [-0.05, 0) is 31.6 Å². The third kappa shape index (κ3) is 5.62. The zero-order valence-electron chi connectivity index (χ0n) is 15.3. The molecule has 1 fully saturated rings. The molecule has 0 bridgehead atoms. The number of methoxy groups -OCH3 is 1. The fourth-order valence-electron chi connectivity index (χ4n) is 3.37. The number of ether oxygens (including phenoxy) is 2. The second kappa shape index (κ2) is 8.97. The van der Waals surface area contributed by atoms with Crippen molar-refractivity contribution in [3.05, 3.63) is 32.6 Å². The minimum absolute atomic E-state index is 0.0109. The van der Waals surface area contributed by atoms with Crippen LogP contribution in [0.2, 0.25) is 0 Å². The highest BCUT2D eigenvalue weighted by Crippen LogP contribution is 2.43. The third-order valence-corrected chi connectivity index (χ3v) is 5.83. The molecule has 1 aliphatic carbocycles. The van der Waals surface area contributed by atoms with E-state index in [2.05, 4.69) is 9.72 Å². The van der Waals surface area contributed by atoms with Gasteiger partial charge in [-0.15, -0.1) is 0 Å². The van der Waals surface area contributed by atoms with Crippen LogP contribution in [0.1, 0.15) is 31.2 Å². The van der Waals surface area contributed by atoms with Gasteiger partial charge >= 0.3 is 19.3 Å². The predicted molar refractivity (Wildman–Crippen MR) is 95.3 cm³/mol. The Kier molecular flexibility index (Phi) is 7.16. The molecule has 0 saturated heterocycles. The summed E-state index contributed by atoms with van der Waals surface area (Å²) in [6.07, 6.45) is 4.93. The molecule has 3 N–H and O–H groups in total. The first kappa shape index (κ1) is 21.6. The van der Waals surface area contributed by atoms with Crippen molar-refractivity contribution in [2.24, 2.45) is 11.8 Å². The molecule has 1 aromatic rings. The number of carbonyl (C=O) groups is 1. The van der Waals surface area contributed by atoms with E-state index in [1.165, 1.54) is 10.8 Å². The Morgan fingerprint density at radius 1 is 1.33 bits per heavy atom. The maximum atomic E-state index is 12.0. The molecule has 152 valence electrons. The second-order valence-corrected chi connectivity index (χ2v) is 8.47. The number of aromatic amines is 1. The summed E-state index contributed by atoms with van der Waals surface area (Å²) >= 11 is 0. The molecule has 10 nitrogen and oxygen atoms in total. The van der Waals surface area contributed by atoms with Gasteiger partial charge in [-0.3, -0.25) is 14.3 Å². The largest absolute Gasteiger partial charge is 0.467 e. The maximum absolute atomic E-state index is 12.0. The van der Waals surface area contributed by atoms with E-state index in [-0.39, 0.29) is 18.4 Å². The number of aryl methyl sites for hydroxylation is 1. The number of rotatable bonds is 7. The summed E-state index contributed by atoms with van der Waals surface area (Å²) in [5.41, 5.74) is -0.508. The predicted octanol–water partition coefficient (Wildman–Crippen LogP) is 0.345. The van der Waals surface area contributed by atoms with Crippen LogP contribution >= 0.6 is 7.60 Å². The van der Waals surface area contributed by atoms with Gasteiger partial charge in [0.1, 0.15) is 0 Å². The summed E-state index contributed by atoms with van der Waals surface area (Å²) in [5.74, 6) is -3.15.